The summed E-state index contributed by atoms with van der Waals surface area (Å²) in [5.74, 6) is -0.0429. The van der Waals surface area contributed by atoms with Crippen molar-refractivity contribution in [3.63, 3.8) is 0 Å². The molecule has 2 heterocycles. The Morgan fingerprint density at radius 3 is 2.52 bits per heavy atom. The maximum absolute atomic E-state index is 13.2. The summed E-state index contributed by atoms with van der Waals surface area (Å²) in [6.45, 7) is 11.3. The highest BCUT2D eigenvalue weighted by Gasteiger charge is 2.32. The van der Waals surface area contributed by atoms with E-state index in [2.05, 4.69) is 35.9 Å². The highest BCUT2D eigenvalue weighted by molar-refractivity contribution is 6.33. The van der Waals surface area contributed by atoms with E-state index in [9.17, 15) is 4.79 Å². The van der Waals surface area contributed by atoms with Crippen LogP contribution in [0.1, 0.15) is 35.3 Å². The molecule has 146 valence electrons. The van der Waals surface area contributed by atoms with Gasteiger partial charge < -0.3 is 9.64 Å². The van der Waals surface area contributed by atoms with Gasteiger partial charge in [-0.2, -0.15) is 0 Å². The number of benzene rings is 1. The molecule has 0 radical (unpaired) electrons. The molecule has 1 aliphatic heterocycles. The average Bonchev–Trinajstić information content (AvgIpc) is 2.60. The second-order valence-electron chi connectivity index (χ2n) is 7.62. The first-order valence-electron chi connectivity index (χ1n) is 9.43. The summed E-state index contributed by atoms with van der Waals surface area (Å²) in [5.41, 5.74) is 3.56. The third-order valence-corrected chi connectivity index (χ3v) is 5.67. The second-order valence-corrected chi connectivity index (χ2v) is 7.98. The molecular weight excluding hydrogens is 362 g/mol. The zero-order chi connectivity index (χ0) is 19.7. The molecule has 2 aromatic rings. The fraction of sp³-hybridized carbons (Fsp3) is 0.524. The van der Waals surface area contributed by atoms with Crippen molar-refractivity contribution in [1.82, 2.24) is 14.8 Å². The van der Waals surface area contributed by atoms with Crippen LogP contribution in [0.4, 0.5) is 0 Å². The SMILES string of the molecule is COCCN1C(C)CN(C(=O)c2cc3cc(C)cc(C)c3nc2Cl)CC1C. The molecule has 0 bridgehead atoms. The highest BCUT2D eigenvalue weighted by Crippen LogP contribution is 2.26. The van der Waals surface area contributed by atoms with Gasteiger partial charge in [-0.15, -0.1) is 0 Å². The Labute approximate surface area is 166 Å². The van der Waals surface area contributed by atoms with Gasteiger partial charge in [-0.05, 0) is 45.4 Å². The topological polar surface area (TPSA) is 45.7 Å². The molecule has 1 amide bonds. The van der Waals surface area contributed by atoms with Crippen molar-refractivity contribution in [2.45, 2.75) is 39.8 Å². The number of hydrogen-bond acceptors (Lipinski definition) is 4. The fourth-order valence-corrected chi connectivity index (χ4v) is 4.33. The Bertz CT molecular complexity index is 843. The smallest absolute Gasteiger partial charge is 0.257 e. The summed E-state index contributed by atoms with van der Waals surface area (Å²) in [6.07, 6.45) is 0. The largest absolute Gasteiger partial charge is 0.383 e. The number of pyridine rings is 1. The Kier molecular flexibility index (Phi) is 6.04. The standard InChI is InChI=1S/C21H28ClN3O2/c1-13-8-14(2)19-17(9-13)10-18(20(22)23-19)21(26)24-11-15(3)25(6-7-27-5)16(4)12-24/h8-10,15-16H,6-7,11-12H2,1-5H3. The maximum atomic E-state index is 13.2. The lowest BCUT2D eigenvalue weighted by molar-refractivity contribution is 0.0193. The van der Waals surface area contributed by atoms with Gasteiger partial charge in [0.1, 0.15) is 5.15 Å². The normalized spacial score (nSPS) is 21.0. The van der Waals surface area contributed by atoms with Crippen molar-refractivity contribution in [3.05, 3.63) is 40.0 Å². The number of ether oxygens (including phenoxy) is 1. The highest BCUT2D eigenvalue weighted by atomic mass is 35.5. The van der Waals surface area contributed by atoms with Crippen LogP contribution in [0.25, 0.3) is 10.9 Å². The number of halogens is 1. The molecule has 1 aromatic heterocycles. The quantitative estimate of drug-likeness (QED) is 0.748. The molecule has 0 N–H and O–H groups in total. The minimum Gasteiger partial charge on any atom is -0.383 e. The summed E-state index contributed by atoms with van der Waals surface area (Å²) in [6, 6.07) is 6.56. The minimum atomic E-state index is -0.0429. The maximum Gasteiger partial charge on any atom is 0.257 e. The molecule has 0 aliphatic carbocycles. The van der Waals surface area contributed by atoms with Crippen molar-refractivity contribution >= 4 is 28.4 Å². The van der Waals surface area contributed by atoms with Crippen molar-refractivity contribution < 1.29 is 9.53 Å². The minimum absolute atomic E-state index is 0.0429. The number of carbonyl (C=O) groups is 1. The molecule has 1 aliphatic rings. The molecule has 1 saturated heterocycles. The van der Waals surface area contributed by atoms with Gasteiger partial charge in [-0.25, -0.2) is 4.98 Å². The van der Waals surface area contributed by atoms with Crippen LogP contribution < -0.4 is 0 Å². The number of aromatic nitrogens is 1. The van der Waals surface area contributed by atoms with E-state index in [1.54, 1.807) is 7.11 Å². The molecule has 2 atom stereocenters. The number of hydrogen-bond donors (Lipinski definition) is 0. The van der Waals surface area contributed by atoms with Crippen LogP contribution >= 0.6 is 11.6 Å². The Morgan fingerprint density at radius 1 is 1.22 bits per heavy atom. The van der Waals surface area contributed by atoms with E-state index in [0.717, 1.165) is 28.6 Å². The van der Waals surface area contributed by atoms with Crippen LogP contribution in [-0.4, -0.2) is 66.1 Å². The third-order valence-electron chi connectivity index (χ3n) is 5.38. The molecule has 1 fully saturated rings. The molecule has 3 rings (SSSR count). The number of carbonyl (C=O) groups excluding carboxylic acids is 1. The van der Waals surface area contributed by atoms with Crippen LogP contribution in [0, 0.1) is 13.8 Å². The summed E-state index contributed by atoms with van der Waals surface area (Å²) in [5, 5.41) is 1.24. The molecule has 27 heavy (non-hydrogen) atoms. The van der Waals surface area contributed by atoms with Crippen LogP contribution in [0.5, 0.6) is 0 Å². The Balaban J connectivity index is 1.87. The van der Waals surface area contributed by atoms with Crippen LogP contribution in [0.3, 0.4) is 0 Å². The Morgan fingerprint density at radius 2 is 1.89 bits per heavy atom. The number of fused-ring (bicyclic) bond motifs is 1. The summed E-state index contributed by atoms with van der Waals surface area (Å²) >= 11 is 6.41. The molecule has 0 saturated carbocycles. The number of methoxy groups -OCH3 is 1. The number of nitrogens with zero attached hydrogens (tertiary/aromatic N) is 3. The summed E-state index contributed by atoms with van der Waals surface area (Å²) in [7, 11) is 1.72. The zero-order valence-corrected chi connectivity index (χ0v) is 17.5. The van der Waals surface area contributed by atoms with Crippen LogP contribution in [-0.2, 0) is 4.74 Å². The van der Waals surface area contributed by atoms with Gasteiger partial charge in [-0.3, -0.25) is 9.69 Å². The van der Waals surface area contributed by atoms with Gasteiger partial charge in [0.2, 0.25) is 0 Å². The van der Waals surface area contributed by atoms with Crippen LogP contribution in [0.2, 0.25) is 5.15 Å². The van der Waals surface area contributed by atoms with Gasteiger partial charge in [0.15, 0.2) is 0 Å². The number of aryl methyl sites for hydroxylation is 2. The first-order chi connectivity index (χ1) is 12.8. The molecule has 5 nitrogen and oxygen atoms in total. The fourth-order valence-electron chi connectivity index (χ4n) is 4.11. The van der Waals surface area contributed by atoms with Gasteiger partial charge in [0, 0.05) is 44.2 Å². The van der Waals surface area contributed by atoms with Crippen LogP contribution in [0.15, 0.2) is 18.2 Å². The van der Waals surface area contributed by atoms with E-state index < -0.39 is 0 Å². The Hall–Kier alpha value is -1.69. The molecule has 0 spiro atoms. The average molecular weight is 390 g/mol. The number of rotatable bonds is 4. The number of amides is 1. The van der Waals surface area contributed by atoms with Gasteiger partial charge in [0.05, 0.1) is 17.7 Å². The van der Waals surface area contributed by atoms with Gasteiger partial charge >= 0.3 is 0 Å². The third kappa shape index (κ3) is 4.10. The molecule has 1 aromatic carbocycles. The van der Waals surface area contributed by atoms with Crippen molar-refractivity contribution in [2.24, 2.45) is 0 Å². The number of piperazine rings is 1. The lowest BCUT2D eigenvalue weighted by Crippen LogP contribution is -2.58. The zero-order valence-electron chi connectivity index (χ0n) is 16.8. The van der Waals surface area contributed by atoms with Gasteiger partial charge in [0.25, 0.3) is 5.91 Å². The molecule has 2 unspecified atom stereocenters. The van der Waals surface area contributed by atoms with Crippen molar-refractivity contribution in [1.29, 1.82) is 0 Å². The lowest BCUT2D eigenvalue weighted by atomic mass is 10.0. The van der Waals surface area contributed by atoms with E-state index in [4.69, 9.17) is 16.3 Å². The van der Waals surface area contributed by atoms with Crippen molar-refractivity contribution in [2.75, 3.05) is 33.4 Å². The first kappa shape index (κ1) is 20.1. The van der Waals surface area contributed by atoms with E-state index in [0.29, 0.717) is 25.3 Å². The van der Waals surface area contributed by atoms with E-state index in [1.165, 1.54) is 0 Å². The lowest BCUT2D eigenvalue weighted by Gasteiger charge is -2.44. The van der Waals surface area contributed by atoms with Crippen molar-refractivity contribution in [3.8, 4) is 0 Å². The molecule has 6 heteroatoms. The summed E-state index contributed by atoms with van der Waals surface area (Å²) < 4.78 is 5.21. The summed E-state index contributed by atoms with van der Waals surface area (Å²) in [4.78, 5) is 22.0. The van der Waals surface area contributed by atoms with E-state index in [-0.39, 0.29) is 23.1 Å². The van der Waals surface area contributed by atoms with E-state index >= 15 is 0 Å². The molecular formula is C21H28ClN3O2. The predicted octanol–water partition coefficient (Wildman–Crippen LogP) is 3.69. The van der Waals surface area contributed by atoms with E-state index in [1.807, 2.05) is 24.8 Å². The first-order valence-corrected chi connectivity index (χ1v) is 9.81. The predicted molar refractivity (Wildman–Crippen MR) is 110 cm³/mol. The van der Waals surface area contributed by atoms with Gasteiger partial charge in [-0.1, -0.05) is 23.2 Å². The second kappa shape index (κ2) is 8.13. The monoisotopic (exact) mass is 389 g/mol.